The van der Waals surface area contributed by atoms with Crippen LogP contribution in [-0.4, -0.2) is 29.5 Å². The zero-order chi connectivity index (χ0) is 16.4. The molecule has 0 amide bonds. The van der Waals surface area contributed by atoms with E-state index in [4.69, 9.17) is 0 Å². The van der Waals surface area contributed by atoms with E-state index in [-0.39, 0.29) is 0 Å². The number of aromatic amines is 1. The molecular weight excluding hydrogens is 292 g/mol. The molecule has 0 unspecified atom stereocenters. The Morgan fingerprint density at radius 2 is 1.92 bits per heavy atom. The summed E-state index contributed by atoms with van der Waals surface area (Å²) >= 11 is 0. The highest BCUT2D eigenvalue weighted by Crippen LogP contribution is 2.24. The molecule has 1 aliphatic rings. The number of rotatable bonds is 4. The van der Waals surface area contributed by atoms with Crippen LogP contribution < -0.4 is 0 Å². The maximum absolute atomic E-state index is 3.33. The van der Waals surface area contributed by atoms with Crippen molar-refractivity contribution >= 4 is 16.5 Å². The van der Waals surface area contributed by atoms with Crippen molar-refractivity contribution in [2.24, 2.45) is 0 Å². The van der Waals surface area contributed by atoms with E-state index in [0.29, 0.717) is 0 Å². The normalized spacial score (nSPS) is 15.6. The van der Waals surface area contributed by atoms with Gasteiger partial charge in [0.05, 0.1) is 0 Å². The fourth-order valence-corrected chi connectivity index (χ4v) is 3.74. The van der Waals surface area contributed by atoms with Crippen molar-refractivity contribution in [2.45, 2.75) is 19.8 Å². The first-order chi connectivity index (χ1) is 11.8. The van der Waals surface area contributed by atoms with Crippen LogP contribution in [0.1, 0.15) is 23.1 Å². The Kier molecular flexibility index (Phi) is 4.22. The summed E-state index contributed by atoms with van der Waals surface area (Å²) in [6.07, 6.45) is 6.72. The summed E-state index contributed by atoms with van der Waals surface area (Å²) in [7, 11) is 0. The summed E-state index contributed by atoms with van der Waals surface area (Å²) < 4.78 is 0. The van der Waals surface area contributed by atoms with E-state index in [2.05, 4.69) is 71.4 Å². The standard InChI is InChI=1S/C22H24N2/c1-17-7-8-22-21(9-13-23-22)20(17)12-16-24-14-10-19(11-15-24)18-5-3-2-4-6-18/h2-10,13,23H,11-12,14-16H2,1H3. The fourth-order valence-electron chi connectivity index (χ4n) is 3.74. The first kappa shape index (κ1) is 15.2. The van der Waals surface area contributed by atoms with E-state index in [9.17, 15) is 0 Å². The van der Waals surface area contributed by atoms with Gasteiger partial charge in [0.15, 0.2) is 0 Å². The van der Waals surface area contributed by atoms with Crippen LogP contribution in [0.25, 0.3) is 16.5 Å². The molecule has 2 heterocycles. The van der Waals surface area contributed by atoms with Crippen molar-refractivity contribution < 1.29 is 0 Å². The average Bonchev–Trinajstić information content (AvgIpc) is 3.11. The lowest BCUT2D eigenvalue weighted by Crippen LogP contribution is -2.30. The molecule has 2 heteroatoms. The van der Waals surface area contributed by atoms with E-state index in [1.54, 1.807) is 0 Å². The number of fused-ring (bicyclic) bond motifs is 1. The summed E-state index contributed by atoms with van der Waals surface area (Å²) in [6, 6.07) is 17.4. The molecule has 0 bridgehead atoms. The largest absolute Gasteiger partial charge is 0.361 e. The second-order valence-corrected chi connectivity index (χ2v) is 6.70. The molecule has 0 atom stereocenters. The highest BCUT2D eigenvalue weighted by Gasteiger charge is 2.14. The van der Waals surface area contributed by atoms with Gasteiger partial charge in [-0.15, -0.1) is 0 Å². The molecule has 0 radical (unpaired) electrons. The second-order valence-electron chi connectivity index (χ2n) is 6.70. The van der Waals surface area contributed by atoms with Gasteiger partial charge in [0, 0.05) is 36.7 Å². The van der Waals surface area contributed by atoms with Crippen molar-refractivity contribution in [3.63, 3.8) is 0 Å². The van der Waals surface area contributed by atoms with Crippen LogP contribution in [0.3, 0.4) is 0 Å². The number of hydrogen-bond acceptors (Lipinski definition) is 1. The molecule has 1 N–H and O–H groups in total. The van der Waals surface area contributed by atoms with Crippen LogP contribution >= 0.6 is 0 Å². The number of nitrogens with zero attached hydrogens (tertiary/aromatic N) is 1. The molecule has 3 aromatic rings. The summed E-state index contributed by atoms with van der Waals surface area (Å²) in [4.78, 5) is 5.89. The summed E-state index contributed by atoms with van der Waals surface area (Å²) in [5.74, 6) is 0. The highest BCUT2D eigenvalue weighted by molar-refractivity contribution is 5.84. The minimum atomic E-state index is 1.06. The summed E-state index contributed by atoms with van der Waals surface area (Å²) in [5, 5.41) is 1.38. The summed E-state index contributed by atoms with van der Waals surface area (Å²) in [5.41, 5.74) is 7.02. The van der Waals surface area contributed by atoms with E-state index in [1.165, 1.54) is 33.2 Å². The number of aryl methyl sites for hydroxylation is 1. The Morgan fingerprint density at radius 3 is 2.71 bits per heavy atom. The van der Waals surface area contributed by atoms with Crippen LogP contribution in [0.2, 0.25) is 0 Å². The van der Waals surface area contributed by atoms with Gasteiger partial charge in [0.25, 0.3) is 0 Å². The molecule has 4 rings (SSSR count). The van der Waals surface area contributed by atoms with E-state index in [1.807, 2.05) is 6.20 Å². The van der Waals surface area contributed by atoms with Crippen LogP contribution in [-0.2, 0) is 6.42 Å². The van der Waals surface area contributed by atoms with E-state index >= 15 is 0 Å². The molecule has 24 heavy (non-hydrogen) atoms. The van der Waals surface area contributed by atoms with Crippen LogP contribution in [0, 0.1) is 6.92 Å². The number of benzene rings is 2. The number of aromatic nitrogens is 1. The molecule has 2 nitrogen and oxygen atoms in total. The van der Waals surface area contributed by atoms with E-state index in [0.717, 1.165) is 32.5 Å². The Labute approximate surface area is 143 Å². The second kappa shape index (κ2) is 6.66. The zero-order valence-corrected chi connectivity index (χ0v) is 14.3. The molecule has 1 aliphatic heterocycles. The van der Waals surface area contributed by atoms with Gasteiger partial charge in [-0.25, -0.2) is 0 Å². The monoisotopic (exact) mass is 316 g/mol. The van der Waals surface area contributed by atoms with Gasteiger partial charge in [-0.2, -0.15) is 0 Å². The van der Waals surface area contributed by atoms with Gasteiger partial charge in [0.2, 0.25) is 0 Å². The van der Waals surface area contributed by atoms with Crippen LogP contribution in [0.15, 0.2) is 60.8 Å². The molecule has 1 aromatic heterocycles. The quantitative estimate of drug-likeness (QED) is 0.732. The highest BCUT2D eigenvalue weighted by atomic mass is 15.1. The molecule has 122 valence electrons. The molecule has 0 fully saturated rings. The van der Waals surface area contributed by atoms with Gasteiger partial charge in [-0.3, -0.25) is 4.90 Å². The minimum absolute atomic E-state index is 1.06. The predicted molar refractivity (Wildman–Crippen MR) is 102 cm³/mol. The van der Waals surface area contributed by atoms with E-state index < -0.39 is 0 Å². The van der Waals surface area contributed by atoms with Crippen LogP contribution in [0.5, 0.6) is 0 Å². The summed E-state index contributed by atoms with van der Waals surface area (Å²) in [6.45, 7) is 5.57. The third-order valence-electron chi connectivity index (χ3n) is 5.20. The maximum Gasteiger partial charge on any atom is 0.0456 e. The Morgan fingerprint density at radius 1 is 1.04 bits per heavy atom. The first-order valence-corrected chi connectivity index (χ1v) is 8.83. The van der Waals surface area contributed by atoms with Crippen LogP contribution in [0.4, 0.5) is 0 Å². The lowest BCUT2D eigenvalue weighted by atomic mass is 9.98. The number of H-pyrrole nitrogens is 1. The van der Waals surface area contributed by atoms with Crippen molar-refractivity contribution in [3.05, 3.63) is 77.5 Å². The molecule has 0 spiro atoms. The molecule has 0 aliphatic carbocycles. The van der Waals surface area contributed by atoms with Gasteiger partial charge < -0.3 is 4.98 Å². The Bertz CT molecular complexity index is 858. The van der Waals surface area contributed by atoms with Gasteiger partial charge >= 0.3 is 0 Å². The third-order valence-corrected chi connectivity index (χ3v) is 5.20. The van der Waals surface area contributed by atoms with Gasteiger partial charge in [0.1, 0.15) is 0 Å². The topological polar surface area (TPSA) is 19.0 Å². The Hall–Kier alpha value is -2.32. The molecule has 2 aromatic carbocycles. The van der Waals surface area contributed by atoms with Gasteiger partial charge in [-0.05, 0) is 54.2 Å². The SMILES string of the molecule is Cc1ccc2[nH]ccc2c1CCN1CC=C(c2ccccc2)CC1. The minimum Gasteiger partial charge on any atom is -0.361 e. The van der Waals surface area contributed by atoms with Crippen molar-refractivity contribution in [2.75, 3.05) is 19.6 Å². The number of hydrogen-bond donors (Lipinski definition) is 1. The molecule has 0 saturated carbocycles. The smallest absolute Gasteiger partial charge is 0.0456 e. The fraction of sp³-hybridized carbons (Fsp3) is 0.273. The van der Waals surface area contributed by atoms with Gasteiger partial charge in [-0.1, -0.05) is 42.5 Å². The third kappa shape index (κ3) is 3.02. The number of nitrogens with one attached hydrogen (secondary N) is 1. The lowest BCUT2D eigenvalue weighted by molar-refractivity contribution is 0.306. The zero-order valence-electron chi connectivity index (χ0n) is 14.3. The van der Waals surface area contributed by atoms with Crippen molar-refractivity contribution in [1.29, 1.82) is 0 Å². The predicted octanol–water partition coefficient (Wildman–Crippen LogP) is 4.81. The first-order valence-electron chi connectivity index (χ1n) is 8.83. The Balaban J connectivity index is 1.43. The lowest BCUT2D eigenvalue weighted by Gasteiger charge is -2.26. The van der Waals surface area contributed by atoms with Crippen molar-refractivity contribution in [3.8, 4) is 0 Å². The average molecular weight is 316 g/mol. The molecular formula is C22H24N2. The molecule has 0 saturated heterocycles. The maximum atomic E-state index is 3.33. The van der Waals surface area contributed by atoms with Crippen molar-refractivity contribution in [1.82, 2.24) is 9.88 Å².